The Kier molecular flexibility index (Phi) is 5.70. The first kappa shape index (κ1) is 23.0. The van der Waals surface area contributed by atoms with E-state index in [1.54, 1.807) is 12.5 Å². The average molecular weight is 454 g/mol. The second-order valence-electron chi connectivity index (χ2n) is 11.7. The Morgan fingerprint density at radius 1 is 1.00 bits per heavy atom. The van der Waals surface area contributed by atoms with Crippen molar-refractivity contribution < 1.29 is 19.1 Å². The molecule has 5 heteroatoms. The van der Waals surface area contributed by atoms with Gasteiger partial charge in [-0.2, -0.15) is 0 Å². The highest BCUT2D eigenvalue weighted by Gasteiger charge is 2.67. The summed E-state index contributed by atoms with van der Waals surface area (Å²) >= 11 is 0. The molecule has 0 spiro atoms. The van der Waals surface area contributed by atoms with Gasteiger partial charge in [0.1, 0.15) is 0 Å². The van der Waals surface area contributed by atoms with Crippen LogP contribution in [-0.2, 0) is 19.1 Å². The van der Waals surface area contributed by atoms with E-state index in [0.29, 0.717) is 42.6 Å². The second kappa shape index (κ2) is 8.18. The van der Waals surface area contributed by atoms with E-state index in [0.717, 1.165) is 57.8 Å². The van der Waals surface area contributed by atoms with Crippen molar-refractivity contribution in [3.05, 3.63) is 22.8 Å². The molecule has 5 atom stereocenters. The highest BCUT2D eigenvalue weighted by atomic mass is 16.6. The summed E-state index contributed by atoms with van der Waals surface area (Å²) in [4.78, 5) is 37.6. The lowest BCUT2D eigenvalue weighted by molar-refractivity contribution is -0.184. The van der Waals surface area contributed by atoms with E-state index in [-0.39, 0.29) is 23.0 Å². The van der Waals surface area contributed by atoms with Gasteiger partial charge in [0.05, 0.1) is 0 Å². The highest BCUT2D eigenvalue weighted by Crippen LogP contribution is 2.67. The van der Waals surface area contributed by atoms with Gasteiger partial charge in [-0.3, -0.25) is 14.4 Å². The van der Waals surface area contributed by atoms with Gasteiger partial charge in [0, 0.05) is 24.8 Å². The number of rotatable bonds is 3. The topological polar surface area (TPSA) is 86.5 Å². The van der Waals surface area contributed by atoms with Crippen molar-refractivity contribution in [3.8, 4) is 0 Å². The standard InChI is InChI=1S/C28H39NO4/c1-16(30)28(33-17(2)31)13-12-25-23-10-6-19-14-21(32)9-11-22(19)26(23)24(15-27(25,28)3)18-4-7-20(29)8-5-18/h14,18,20,23-25H,4-13,15,29H2,1-3H3/t18?,20?,23?,24-,25?,27+,28?/m1/s1. The number of hydrogen-bond donors (Lipinski definition) is 1. The SMILES string of the molecule is CC(=O)OC1(C(C)=O)CCC2C3CCC4=CC(=O)CCC4=C3[C@@H](C3CCC(N)CC3)C[C@@]21C. The predicted octanol–water partition coefficient (Wildman–Crippen LogP) is 4.83. The van der Waals surface area contributed by atoms with Crippen molar-refractivity contribution in [1.82, 2.24) is 0 Å². The number of ketones is 2. The molecule has 5 aliphatic carbocycles. The quantitative estimate of drug-likeness (QED) is 0.619. The Bertz CT molecular complexity index is 940. The van der Waals surface area contributed by atoms with E-state index in [4.69, 9.17) is 10.5 Å². The molecule has 0 heterocycles. The lowest BCUT2D eigenvalue weighted by Gasteiger charge is -2.56. The fraction of sp³-hybridized carbons (Fsp3) is 0.750. The van der Waals surface area contributed by atoms with Crippen LogP contribution in [0.4, 0.5) is 0 Å². The van der Waals surface area contributed by atoms with Gasteiger partial charge in [0.2, 0.25) is 0 Å². The van der Waals surface area contributed by atoms with Crippen LogP contribution in [0.2, 0.25) is 0 Å². The first-order valence-corrected chi connectivity index (χ1v) is 13.1. The Hall–Kier alpha value is -1.75. The first-order valence-electron chi connectivity index (χ1n) is 13.1. The third-order valence-electron chi connectivity index (χ3n) is 10.2. The van der Waals surface area contributed by atoms with Gasteiger partial charge >= 0.3 is 5.97 Å². The molecule has 2 N–H and O–H groups in total. The van der Waals surface area contributed by atoms with Gasteiger partial charge in [0.25, 0.3) is 0 Å². The van der Waals surface area contributed by atoms with Crippen LogP contribution < -0.4 is 5.73 Å². The summed E-state index contributed by atoms with van der Waals surface area (Å²) in [5.41, 5.74) is 9.24. The number of esters is 1. The number of nitrogens with two attached hydrogens (primary N) is 1. The van der Waals surface area contributed by atoms with Gasteiger partial charge in [-0.1, -0.05) is 12.5 Å². The van der Waals surface area contributed by atoms with E-state index in [9.17, 15) is 14.4 Å². The van der Waals surface area contributed by atoms with Crippen molar-refractivity contribution in [2.75, 3.05) is 0 Å². The van der Waals surface area contributed by atoms with E-state index in [2.05, 4.69) is 6.92 Å². The summed E-state index contributed by atoms with van der Waals surface area (Å²) < 4.78 is 6.01. The molecule has 0 aliphatic heterocycles. The van der Waals surface area contributed by atoms with Crippen LogP contribution in [0.25, 0.3) is 0 Å². The van der Waals surface area contributed by atoms with Crippen LogP contribution in [0, 0.1) is 29.1 Å². The number of hydrogen-bond acceptors (Lipinski definition) is 5. The molecule has 0 radical (unpaired) electrons. The molecule has 33 heavy (non-hydrogen) atoms. The molecule has 0 aromatic rings. The van der Waals surface area contributed by atoms with Gasteiger partial charge < -0.3 is 10.5 Å². The zero-order chi connectivity index (χ0) is 23.5. The molecule has 0 saturated heterocycles. The van der Waals surface area contributed by atoms with E-state index in [1.165, 1.54) is 18.1 Å². The van der Waals surface area contributed by atoms with Gasteiger partial charge in [0.15, 0.2) is 17.2 Å². The summed E-state index contributed by atoms with van der Waals surface area (Å²) in [7, 11) is 0. The lowest BCUT2D eigenvalue weighted by Crippen LogP contribution is -2.58. The summed E-state index contributed by atoms with van der Waals surface area (Å²) in [5.74, 6) is 1.60. The normalized spacial score (nSPS) is 42.7. The fourth-order valence-electron chi connectivity index (χ4n) is 8.74. The zero-order valence-corrected chi connectivity index (χ0v) is 20.5. The summed E-state index contributed by atoms with van der Waals surface area (Å²) in [5, 5.41) is 0. The molecule has 0 bridgehead atoms. The molecule has 5 rings (SSSR count). The Balaban J connectivity index is 1.63. The predicted molar refractivity (Wildman–Crippen MR) is 126 cm³/mol. The Morgan fingerprint density at radius 2 is 1.73 bits per heavy atom. The smallest absolute Gasteiger partial charge is 0.303 e. The maximum Gasteiger partial charge on any atom is 0.303 e. The van der Waals surface area contributed by atoms with E-state index in [1.807, 2.05) is 6.08 Å². The number of carbonyl (C=O) groups excluding carboxylic acids is 3. The van der Waals surface area contributed by atoms with Crippen molar-refractivity contribution in [3.63, 3.8) is 0 Å². The first-order chi connectivity index (χ1) is 15.7. The van der Waals surface area contributed by atoms with Crippen molar-refractivity contribution in [2.45, 2.75) is 103 Å². The van der Waals surface area contributed by atoms with Crippen LogP contribution in [0.15, 0.2) is 22.8 Å². The van der Waals surface area contributed by atoms with Crippen molar-refractivity contribution in [1.29, 1.82) is 0 Å². The van der Waals surface area contributed by atoms with Gasteiger partial charge in [-0.15, -0.1) is 0 Å². The molecule has 3 saturated carbocycles. The summed E-state index contributed by atoms with van der Waals surface area (Å²) in [6.07, 6.45) is 12.2. The minimum atomic E-state index is -1.01. The summed E-state index contributed by atoms with van der Waals surface area (Å²) in [6, 6.07) is 0.291. The summed E-state index contributed by atoms with van der Waals surface area (Å²) in [6.45, 7) is 5.30. The largest absolute Gasteiger partial charge is 0.451 e. The monoisotopic (exact) mass is 453 g/mol. The minimum Gasteiger partial charge on any atom is -0.451 e. The van der Waals surface area contributed by atoms with Crippen LogP contribution in [-0.4, -0.2) is 29.2 Å². The average Bonchev–Trinajstić information content (AvgIpc) is 3.06. The van der Waals surface area contributed by atoms with Crippen LogP contribution in [0.5, 0.6) is 0 Å². The zero-order valence-electron chi connectivity index (χ0n) is 20.5. The maximum absolute atomic E-state index is 13.2. The number of ether oxygens (including phenoxy) is 1. The van der Waals surface area contributed by atoms with Gasteiger partial charge in [-0.25, -0.2) is 0 Å². The number of Topliss-reactive ketones (excluding diaryl/α,β-unsaturated/α-hetero) is 1. The van der Waals surface area contributed by atoms with Crippen LogP contribution >= 0.6 is 0 Å². The molecule has 0 aromatic carbocycles. The minimum absolute atomic E-state index is 0.00266. The number of allylic oxidation sites excluding steroid dienone is 4. The van der Waals surface area contributed by atoms with Crippen molar-refractivity contribution >= 4 is 17.5 Å². The fourth-order valence-corrected chi connectivity index (χ4v) is 8.74. The van der Waals surface area contributed by atoms with Gasteiger partial charge in [-0.05, 0) is 112 Å². The Labute approximate surface area is 197 Å². The molecule has 180 valence electrons. The second-order valence-corrected chi connectivity index (χ2v) is 11.7. The van der Waals surface area contributed by atoms with E-state index >= 15 is 0 Å². The van der Waals surface area contributed by atoms with Crippen LogP contribution in [0.3, 0.4) is 0 Å². The molecule has 0 aromatic heterocycles. The third-order valence-corrected chi connectivity index (χ3v) is 10.2. The lowest BCUT2D eigenvalue weighted by atomic mass is 9.49. The van der Waals surface area contributed by atoms with E-state index < -0.39 is 5.60 Å². The molecule has 5 aliphatic rings. The molecule has 5 nitrogen and oxygen atoms in total. The molecule has 3 unspecified atom stereocenters. The maximum atomic E-state index is 13.2. The molecular weight excluding hydrogens is 414 g/mol. The third kappa shape index (κ3) is 3.48. The molecule has 3 fully saturated rings. The van der Waals surface area contributed by atoms with Crippen LogP contribution in [0.1, 0.15) is 91.4 Å². The number of carbonyl (C=O) groups is 3. The number of fused-ring (bicyclic) bond motifs is 4. The molecular formula is C28H39NO4. The van der Waals surface area contributed by atoms with Crippen molar-refractivity contribution in [2.24, 2.45) is 34.8 Å². The Morgan fingerprint density at radius 3 is 2.39 bits per heavy atom. The molecule has 0 amide bonds. The highest BCUT2D eigenvalue weighted by molar-refractivity contribution is 5.93.